The highest BCUT2D eigenvalue weighted by Gasteiger charge is 2.07. The molecule has 0 bridgehead atoms. The van der Waals surface area contributed by atoms with E-state index < -0.39 is 0 Å². The zero-order valence-electron chi connectivity index (χ0n) is 12.1. The van der Waals surface area contributed by atoms with Crippen molar-refractivity contribution in [1.82, 2.24) is 20.2 Å². The Labute approximate surface area is 123 Å². The molecule has 3 aromatic rings. The maximum Gasteiger partial charge on any atom is 0.161 e. The van der Waals surface area contributed by atoms with Gasteiger partial charge < -0.3 is 5.32 Å². The average Bonchev–Trinajstić information content (AvgIpc) is 2.85. The van der Waals surface area contributed by atoms with Crippen molar-refractivity contribution in [2.24, 2.45) is 0 Å². The zero-order chi connectivity index (χ0) is 14.7. The molecule has 0 aliphatic rings. The maximum atomic E-state index is 4.55. The van der Waals surface area contributed by atoms with Crippen LogP contribution < -0.4 is 5.32 Å². The van der Waals surface area contributed by atoms with Crippen LogP contribution in [-0.2, 0) is 6.54 Å². The van der Waals surface area contributed by atoms with Gasteiger partial charge in [0.05, 0.1) is 5.69 Å². The molecule has 0 radical (unpaired) electrons. The summed E-state index contributed by atoms with van der Waals surface area (Å²) in [6.45, 7) is 4.71. The predicted molar refractivity (Wildman–Crippen MR) is 82.9 cm³/mol. The minimum Gasteiger partial charge on any atom is -0.366 e. The Kier molecular flexibility index (Phi) is 3.64. The molecular weight excluding hydrogens is 262 g/mol. The van der Waals surface area contributed by atoms with Gasteiger partial charge in [-0.15, -0.1) is 0 Å². The number of nitrogens with one attached hydrogen (secondary N) is 2. The molecule has 2 aromatic heterocycles. The van der Waals surface area contributed by atoms with Gasteiger partial charge in [0.15, 0.2) is 5.82 Å². The van der Waals surface area contributed by atoms with Crippen molar-refractivity contribution in [3.63, 3.8) is 0 Å². The maximum absolute atomic E-state index is 4.55. The van der Waals surface area contributed by atoms with Crippen molar-refractivity contribution in [2.75, 3.05) is 5.32 Å². The fraction of sp³-hybridized carbons (Fsp3) is 0.188. The van der Waals surface area contributed by atoms with Crippen molar-refractivity contribution in [2.45, 2.75) is 20.4 Å². The highest BCUT2D eigenvalue weighted by molar-refractivity contribution is 5.56. The summed E-state index contributed by atoms with van der Waals surface area (Å²) in [5.74, 6) is 1.53. The molecule has 0 atom stereocenters. The van der Waals surface area contributed by atoms with Gasteiger partial charge in [-0.3, -0.25) is 5.10 Å². The van der Waals surface area contributed by atoms with E-state index in [0.29, 0.717) is 6.54 Å². The third-order valence-electron chi connectivity index (χ3n) is 3.41. The quantitative estimate of drug-likeness (QED) is 0.770. The van der Waals surface area contributed by atoms with Crippen molar-refractivity contribution >= 4 is 5.82 Å². The number of H-pyrrole nitrogens is 1. The van der Waals surface area contributed by atoms with Gasteiger partial charge in [0.1, 0.15) is 5.82 Å². The second-order valence-electron chi connectivity index (χ2n) is 4.90. The van der Waals surface area contributed by atoms with Gasteiger partial charge in [-0.25, -0.2) is 9.97 Å². The third-order valence-corrected chi connectivity index (χ3v) is 3.41. The fourth-order valence-electron chi connectivity index (χ4n) is 2.20. The minimum atomic E-state index is 0.694. The van der Waals surface area contributed by atoms with E-state index in [-0.39, 0.29) is 0 Å². The standard InChI is InChI=1S/C16H17N5/c1-11-14(12(2)21-20-11)10-18-15-8-9-17-16(19-15)13-6-4-3-5-7-13/h3-9H,10H2,1-2H3,(H,20,21)(H,17,18,19). The normalized spacial score (nSPS) is 10.6. The van der Waals surface area contributed by atoms with Crippen LogP contribution in [0.15, 0.2) is 42.6 Å². The molecule has 2 N–H and O–H groups in total. The Morgan fingerprint density at radius 3 is 2.62 bits per heavy atom. The van der Waals surface area contributed by atoms with Gasteiger partial charge in [-0.2, -0.15) is 5.10 Å². The molecule has 0 fully saturated rings. The molecule has 0 saturated carbocycles. The van der Waals surface area contributed by atoms with Gasteiger partial charge in [0.25, 0.3) is 0 Å². The van der Waals surface area contributed by atoms with Crippen molar-refractivity contribution < 1.29 is 0 Å². The lowest BCUT2D eigenvalue weighted by Crippen LogP contribution is -2.04. The summed E-state index contributed by atoms with van der Waals surface area (Å²) < 4.78 is 0. The lowest BCUT2D eigenvalue weighted by molar-refractivity contribution is 1.02. The van der Waals surface area contributed by atoms with E-state index in [0.717, 1.165) is 28.6 Å². The van der Waals surface area contributed by atoms with Crippen LogP contribution >= 0.6 is 0 Å². The molecule has 0 aliphatic carbocycles. The molecule has 0 spiro atoms. The number of aromatic nitrogens is 4. The first-order valence-corrected chi connectivity index (χ1v) is 6.87. The summed E-state index contributed by atoms with van der Waals surface area (Å²) >= 11 is 0. The largest absolute Gasteiger partial charge is 0.366 e. The molecule has 5 nitrogen and oxygen atoms in total. The molecule has 106 valence electrons. The van der Waals surface area contributed by atoms with Gasteiger partial charge in [0.2, 0.25) is 0 Å². The van der Waals surface area contributed by atoms with Crippen LogP contribution in [0.5, 0.6) is 0 Å². The first kappa shape index (κ1) is 13.3. The van der Waals surface area contributed by atoms with Crippen LogP contribution in [0.2, 0.25) is 0 Å². The molecule has 5 heteroatoms. The highest BCUT2D eigenvalue weighted by Crippen LogP contribution is 2.17. The summed E-state index contributed by atoms with van der Waals surface area (Å²) in [6.07, 6.45) is 1.77. The number of benzene rings is 1. The molecule has 0 aliphatic heterocycles. The number of nitrogens with zero attached hydrogens (tertiary/aromatic N) is 3. The van der Waals surface area contributed by atoms with Crippen LogP contribution in [0.25, 0.3) is 11.4 Å². The SMILES string of the molecule is Cc1n[nH]c(C)c1CNc1ccnc(-c2ccccc2)n1. The number of aryl methyl sites for hydroxylation is 2. The molecule has 0 saturated heterocycles. The van der Waals surface area contributed by atoms with Crippen molar-refractivity contribution in [3.8, 4) is 11.4 Å². The van der Waals surface area contributed by atoms with E-state index in [9.17, 15) is 0 Å². The fourth-order valence-corrected chi connectivity index (χ4v) is 2.20. The zero-order valence-corrected chi connectivity index (χ0v) is 12.1. The van der Waals surface area contributed by atoms with E-state index in [2.05, 4.69) is 25.5 Å². The molecular formula is C16H17N5. The first-order chi connectivity index (χ1) is 10.2. The van der Waals surface area contributed by atoms with Gasteiger partial charge in [-0.05, 0) is 19.9 Å². The van der Waals surface area contributed by atoms with E-state index in [4.69, 9.17) is 0 Å². The summed E-state index contributed by atoms with van der Waals surface area (Å²) in [5, 5.41) is 10.5. The molecule has 21 heavy (non-hydrogen) atoms. The van der Waals surface area contributed by atoms with Gasteiger partial charge in [0, 0.05) is 29.6 Å². The number of hydrogen-bond donors (Lipinski definition) is 2. The minimum absolute atomic E-state index is 0.694. The lowest BCUT2D eigenvalue weighted by Gasteiger charge is -2.07. The van der Waals surface area contributed by atoms with Crippen molar-refractivity contribution in [1.29, 1.82) is 0 Å². The molecule has 0 unspecified atom stereocenters. The molecule has 2 heterocycles. The van der Waals surface area contributed by atoms with Crippen LogP contribution in [-0.4, -0.2) is 20.2 Å². The smallest absolute Gasteiger partial charge is 0.161 e. The molecule has 1 aromatic carbocycles. The van der Waals surface area contributed by atoms with E-state index in [1.165, 1.54) is 5.56 Å². The Hall–Kier alpha value is -2.69. The van der Waals surface area contributed by atoms with E-state index in [1.807, 2.05) is 50.2 Å². The van der Waals surface area contributed by atoms with Crippen LogP contribution in [0.3, 0.4) is 0 Å². The summed E-state index contributed by atoms with van der Waals surface area (Å²) in [5.41, 5.74) is 4.28. The Morgan fingerprint density at radius 1 is 1.10 bits per heavy atom. The highest BCUT2D eigenvalue weighted by atomic mass is 15.1. The third kappa shape index (κ3) is 2.91. The topological polar surface area (TPSA) is 66.5 Å². The second kappa shape index (κ2) is 5.75. The Bertz CT molecular complexity index is 714. The average molecular weight is 279 g/mol. The lowest BCUT2D eigenvalue weighted by atomic mass is 10.2. The Morgan fingerprint density at radius 2 is 1.90 bits per heavy atom. The first-order valence-electron chi connectivity index (χ1n) is 6.87. The van der Waals surface area contributed by atoms with E-state index in [1.54, 1.807) is 6.20 Å². The summed E-state index contributed by atoms with van der Waals surface area (Å²) in [7, 11) is 0. The Balaban J connectivity index is 1.78. The second-order valence-corrected chi connectivity index (χ2v) is 4.90. The number of anilines is 1. The van der Waals surface area contributed by atoms with Gasteiger partial charge >= 0.3 is 0 Å². The van der Waals surface area contributed by atoms with Gasteiger partial charge in [-0.1, -0.05) is 30.3 Å². The van der Waals surface area contributed by atoms with Crippen LogP contribution in [0.1, 0.15) is 17.0 Å². The van der Waals surface area contributed by atoms with Crippen LogP contribution in [0.4, 0.5) is 5.82 Å². The molecule has 3 rings (SSSR count). The number of rotatable bonds is 4. The van der Waals surface area contributed by atoms with Crippen LogP contribution in [0, 0.1) is 13.8 Å². The number of aromatic amines is 1. The van der Waals surface area contributed by atoms with Crippen molar-refractivity contribution in [3.05, 3.63) is 59.5 Å². The summed E-state index contributed by atoms with van der Waals surface area (Å²) in [4.78, 5) is 8.87. The molecule has 0 amide bonds. The number of hydrogen-bond acceptors (Lipinski definition) is 4. The predicted octanol–water partition coefficient (Wildman–Crippen LogP) is 3.10. The van der Waals surface area contributed by atoms with E-state index >= 15 is 0 Å². The summed E-state index contributed by atoms with van der Waals surface area (Å²) in [6, 6.07) is 11.8. The monoisotopic (exact) mass is 279 g/mol.